The Morgan fingerprint density at radius 2 is 2.00 bits per heavy atom. The molecule has 0 radical (unpaired) electrons. The van der Waals surface area contributed by atoms with Crippen LogP contribution in [0.1, 0.15) is 11.1 Å². The van der Waals surface area contributed by atoms with Gasteiger partial charge in [0.2, 0.25) is 0 Å². The van der Waals surface area contributed by atoms with Gasteiger partial charge in [-0.25, -0.2) is 4.79 Å². The summed E-state index contributed by atoms with van der Waals surface area (Å²) in [5, 5.41) is 8.03. The average Bonchev–Trinajstić information content (AvgIpc) is 2.96. The second-order valence-electron chi connectivity index (χ2n) is 5.23. The summed E-state index contributed by atoms with van der Waals surface area (Å²) >= 11 is 5.88. The Morgan fingerprint density at radius 1 is 1.25 bits per heavy atom. The van der Waals surface area contributed by atoms with Crippen LogP contribution in [0.15, 0.2) is 51.7 Å². The van der Waals surface area contributed by atoms with E-state index in [2.05, 4.69) is 10.4 Å². The van der Waals surface area contributed by atoms with Crippen LogP contribution in [-0.2, 0) is 6.54 Å². The molecule has 0 unspecified atom stereocenters. The fraction of sp³-hybridized carbons (Fsp3) is 0.176. The van der Waals surface area contributed by atoms with Gasteiger partial charge in [0.25, 0.3) is 0 Å². The molecule has 24 heavy (non-hydrogen) atoms. The fourth-order valence-electron chi connectivity index (χ4n) is 2.28. The van der Waals surface area contributed by atoms with Gasteiger partial charge < -0.3 is 14.5 Å². The molecular formula is C17H16ClN3O3. The number of halogens is 1. The van der Waals surface area contributed by atoms with Gasteiger partial charge in [-0.05, 0) is 48.4 Å². The first-order valence-corrected chi connectivity index (χ1v) is 7.68. The Hall–Kier alpha value is -2.73. The molecule has 1 aromatic heterocycles. The van der Waals surface area contributed by atoms with Crippen molar-refractivity contribution in [1.29, 1.82) is 0 Å². The topological polar surface area (TPSA) is 69.3 Å². The molecule has 2 aromatic carbocycles. The first-order valence-electron chi connectivity index (χ1n) is 7.30. The van der Waals surface area contributed by atoms with Crippen LogP contribution < -0.4 is 15.8 Å². The number of aryl methyl sites for hydroxylation is 1. The van der Waals surface area contributed by atoms with Crippen molar-refractivity contribution >= 4 is 17.3 Å². The molecule has 0 amide bonds. The van der Waals surface area contributed by atoms with Crippen LogP contribution in [0.5, 0.6) is 6.08 Å². The zero-order chi connectivity index (χ0) is 17.1. The molecule has 0 saturated carbocycles. The number of hydrogen-bond donors (Lipinski definition) is 1. The maximum Gasteiger partial charge on any atom is 0.444 e. The molecule has 0 aliphatic rings. The monoisotopic (exact) mass is 345 g/mol. The molecule has 124 valence electrons. The third kappa shape index (κ3) is 3.44. The Labute approximate surface area is 143 Å². The summed E-state index contributed by atoms with van der Waals surface area (Å²) in [4.78, 5) is 11.8. The number of nitrogens with zero attached hydrogens (tertiary/aromatic N) is 2. The number of ether oxygens (including phenoxy) is 1. The second-order valence-corrected chi connectivity index (χ2v) is 5.67. The zero-order valence-electron chi connectivity index (χ0n) is 13.2. The van der Waals surface area contributed by atoms with Crippen molar-refractivity contribution in [1.82, 2.24) is 9.78 Å². The van der Waals surface area contributed by atoms with E-state index in [1.165, 1.54) is 7.11 Å². The van der Waals surface area contributed by atoms with E-state index in [1.54, 1.807) is 6.07 Å². The standard InChI is InChI=1S/C17H16ClN3O3/c1-11-9-14(21-17(22)24-16(20-21)23-2)7-8-15(11)19-10-12-3-5-13(18)6-4-12/h3-9,19H,10H2,1-2H3. The van der Waals surface area contributed by atoms with Crippen molar-refractivity contribution in [2.45, 2.75) is 13.5 Å². The van der Waals surface area contributed by atoms with Gasteiger partial charge in [-0.1, -0.05) is 28.8 Å². The number of methoxy groups -OCH3 is 1. The van der Waals surface area contributed by atoms with Crippen LogP contribution in [0, 0.1) is 6.92 Å². The highest BCUT2D eigenvalue weighted by Gasteiger charge is 2.11. The molecule has 7 heteroatoms. The van der Waals surface area contributed by atoms with E-state index in [0.717, 1.165) is 21.5 Å². The number of anilines is 1. The van der Waals surface area contributed by atoms with E-state index in [1.807, 2.05) is 43.3 Å². The molecule has 0 bridgehead atoms. The molecule has 6 nitrogen and oxygen atoms in total. The Bertz CT molecular complexity index is 900. The van der Waals surface area contributed by atoms with Gasteiger partial charge in [-0.15, -0.1) is 0 Å². The molecule has 3 rings (SSSR count). The SMILES string of the molecule is COc1nn(-c2ccc(NCc3ccc(Cl)cc3)c(C)c2)c(=O)o1. The summed E-state index contributed by atoms with van der Waals surface area (Å²) in [6.45, 7) is 2.63. The minimum atomic E-state index is -0.590. The lowest BCUT2D eigenvalue weighted by atomic mass is 10.1. The second kappa shape index (κ2) is 6.80. The largest absolute Gasteiger partial charge is 0.452 e. The molecule has 0 atom stereocenters. The van der Waals surface area contributed by atoms with Gasteiger partial charge in [0.15, 0.2) is 0 Å². The molecule has 1 N–H and O–H groups in total. The summed E-state index contributed by atoms with van der Waals surface area (Å²) in [5.74, 6) is -0.590. The summed E-state index contributed by atoms with van der Waals surface area (Å²) in [5.41, 5.74) is 3.69. The van der Waals surface area contributed by atoms with Crippen molar-refractivity contribution < 1.29 is 9.15 Å². The normalized spacial score (nSPS) is 10.6. The van der Waals surface area contributed by atoms with E-state index < -0.39 is 5.76 Å². The van der Waals surface area contributed by atoms with E-state index in [-0.39, 0.29) is 6.08 Å². The lowest BCUT2D eigenvalue weighted by molar-refractivity contribution is 0.282. The van der Waals surface area contributed by atoms with E-state index in [9.17, 15) is 4.79 Å². The minimum absolute atomic E-state index is 0.0670. The predicted octanol–water partition coefficient (Wildman–Crippen LogP) is 3.41. The fourth-order valence-corrected chi connectivity index (χ4v) is 2.41. The highest BCUT2D eigenvalue weighted by Crippen LogP contribution is 2.20. The number of hydrogen-bond acceptors (Lipinski definition) is 5. The first-order chi connectivity index (χ1) is 11.6. The van der Waals surface area contributed by atoms with E-state index in [0.29, 0.717) is 17.3 Å². The third-order valence-corrected chi connectivity index (χ3v) is 3.81. The molecule has 0 spiro atoms. The van der Waals surface area contributed by atoms with E-state index >= 15 is 0 Å². The molecule has 0 aliphatic carbocycles. The lowest BCUT2D eigenvalue weighted by Crippen LogP contribution is -2.13. The number of aromatic nitrogens is 2. The Morgan fingerprint density at radius 3 is 2.62 bits per heavy atom. The van der Waals surface area contributed by atoms with Gasteiger partial charge in [0, 0.05) is 17.3 Å². The van der Waals surface area contributed by atoms with Crippen molar-refractivity contribution in [3.63, 3.8) is 0 Å². The van der Waals surface area contributed by atoms with Crippen LogP contribution in [0.25, 0.3) is 5.69 Å². The Balaban J connectivity index is 1.78. The summed E-state index contributed by atoms with van der Waals surface area (Å²) in [7, 11) is 1.39. The summed E-state index contributed by atoms with van der Waals surface area (Å²) in [6, 6.07) is 13.2. The highest BCUT2D eigenvalue weighted by molar-refractivity contribution is 6.30. The molecule has 0 saturated heterocycles. The zero-order valence-corrected chi connectivity index (χ0v) is 14.0. The number of nitrogens with one attached hydrogen (secondary N) is 1. The van der Waals surface area contributed by atoms with Crippen LogP contribution in [0.4, 0.5) is 5.69 Å². The van der Waals surface area contributed by atoms with Crippen LogP contribution in [-0.4, -0.2) is 16.9 Å². The minimum Gasteiger partial charge on any atom is -0.452 e. The summed E-state index contributed by atoms with van der Waals surface area (Å²) < 4.78 is 10.8. The number of rotatable bonds is 5. The molecule has 1 heterocycles. The van der Waals surface area contributed by atoms with Crippen molar-refractivity contribution in [3.05, 3.63) is 69.2 Å². The van der Waals surface area contributed by atoms with Crippen molar-refractivity contribution in [2.24, 2.45) is 0 Å². The van der Waals surface area contributed by atoms with Gasteiger partial charge >= 0.3 is 11.8 Å². The van der Waals surface area contributed by atoms with Crippen molar-refractivity contribution in [3.8, 4) is 11.8 Å². The van der Waals surface area contributed by atoms with Gasteiger partial charge in [0.05, 0.1) is 12.8 Å². The molecular weight excluding hydrogens is 330 g/mol. The van der Waals surface area contributed by atoms with Gasteiger partial charge in [-0.3, -0.25) is 0 Å². The third-order valence-electron chi connectivity index (χ3n) is 3.55. The maximum atomic E-state index is 11.8. The first kappa shape index (κ1) is 16.1. The van der Waals surface area contributed by atoms with E-state index in [4.69, 9.17) is 20.8 Å². The molecule has 0 aliphatic heterocycles. The Kier molecular flexibility index (Phi) is 4.57. The molecule has 3 aromatic rings. The predicted molar refractivity (Wildman–Crippen MR) is 92.2 cm³/mol. The lowest BCUT2D eigenvalue weighted by Gasteiger charge is -2.11. The van der Waals surface area contributed by atoms with Gasteiger partial charge in [0.1, 0.15) is 0 Å². The molecule has 0 fully saturated rings. The maximum absolute atomic E-state index is 11.8. The quantitative estimate of drug-likeness (QED) is 0.767. The summed E-state index contributed by atoms with van der Waals surface area (Å²) in [6.07, 6.45) is -0.0670. The van der Waals surface area contributed by atoms with Gasteiger partial charge in [-0.2, -0.15) is 4.68 Å². The van der Waals surface area contributed by atoms with Crippen molar-refractivity contribution in [2.75, 3.05) is 12.4 Å². The smallest absolute Gasteiger partial charge is 0.444 e. The highest BCUT2D eigenvalue weighted by atomic mass is 35.5. The number of benzene rings is 2. The van der Waals surface area contributed by atoms with Crippen LogP contribution in [0.2, 0.25) is 5.02 Å². The van der Waals surface area contributed by atoms with Crippen LogP contribution >= 0.6 is 11.6 Å². The van der Waals surface area contributed by atoms with Crippen LogP contribution in [0.3, 0.4) is 0 Å². The average molecular weight is 346 g/mol.